The van der Waals surface area contributed by atoms with Gasteiger partial charge >= 0.3 is 0 Å². The lowest BCUT2D eigenvalue weighted by atomic mass is 9.86. The standard InChI is InChI=1S/C18H21N3/c1-18(2,3)15-8-6-13(7-9-15)16-12-21-10-4-5-14(11-19)17(21)20-16/h4-10,12H,11,19H2,1-3H3. The van der Waals surface area contributed by atoms with Crippen molar-refractivity contribution in [2.24, 2.45) is 5.73 Å². The van der Waals surface area contributed by atoms with Crippen LogP contribution in [-0.2, 0) is 12.0 Å². The van der Waals surface area contributed by atoms with Gasteiger partial charge in [0.15, 0.2) is 0 Å². The lowest BCUT2D eigenvalue weighted by Gasteiger charge is -2.18. The van der Waals surface area contributed by atoms with E-state index in [9.17, 15) is 0 Å². The van der Waals surface area contributed by atoms with Gasteiger partial charge in [-0.2, -0.15) is 0 Å². The van der Waals surface area contributed by atoms with E-state index in [1.54, 1.807) is 0 Å². The first-order valence-corrected chi connectivity index (χ1v) is 7.26. The summed E-state index contributed by atoms with van der Waals surface area (Å²) in [5.41, 5.74) is 11.4. The minimum Gasteiger partial charge on any atom is -0.326 e. The van der Waals surface area contributed by atoms with Gasteiger partial charge in [0.2, 0.25) is 0 Å². The van der Waals surface area contributed by atoms with Crippen molar-refractivity contribution in [3.8, 4) is 11.3 Å². The van der Waals surface area contributed by atoms with E-state index < -0.39 is 0 Å². The average Bonchev–Trinajstić information content (AvgIpc) is 2.90. The Bertz CT molecular complexity index is 761. The molecule has 0 atom stereocenters. The van der Waals surface area contributed by atoms with E-state index in [1.807, 2.05) is 22.7 Å². The minimum atomic E-state index is 0.171. The van der Waals surface area contributed by atoms with Crippen molar-refractivity contribution in [2.45, 2.75) is 32.7 Å². The highest BCUT2D eigenvalue weighted by molar-refractivity contribution is 5.64. The molecule has 0 radical (unpaired) electrons. The first-order chi connectivity index (χ1) is 9.99. The topological polar surface area (TPSA) is 43.3 Å². The van der Waals surface area contributed by atoms with Crippen LogP contribution in [0.3, 0.4) is 0 Å². The molecule has 1 aromatic carbocycles. The lowest BCUT2D eigenvalue weighted by Crippen LogP contribution is -2.10. The molecule has 2 N–H and O–H groups in total. The second-order valence-corrected chi connectivity index (χ2v) is 6.42. The van der Waals surface area contributed by atoms with Crippen LogP contribution in [0.15, 0.2) is 48.8 Å². The first kappa shape index (κ1) is 13.8. The zero-order chi connectivity index (χ0) is 15.0. The molecule has 0 spiro atoms. The predicted octanol–water partition coefficient (Wildman–Crippen LogP) is 3.76. The van der Waals surface area contributed by atoms with Crippen molar-refractivity contribution in [2.75, 3.05) is 0 Å². The molecule has 3 nitrogen and oxygen atoms in total. The van der Waals surface area contributed by atoms with Gasteiger partial charge in [0.1, 0.15) is 5.65 Å². The van der Waals surface area contributed by atoms with Gasteiger partial charge in [-0.25, -0.2) is 4.98 Å². The highest BCUT2D eigenvalue weighted by atomic mass is 15.0. The largest absolute Gasteiger partial charge is 0.326 e. The number of rotatable bonds is 2. The van der Waals surface area contributed by atoms with E-state index in [2.05, 4.69) is 51.2 Å². The van der Waals surface area contributed by atoms with Gasteiger partial charge in [-0.3, -0.25) is 0 Å². The molecule has 2 aromatic heterocycles. The summed E-state index contributed by atoms with van der Waals surface area (Å²) in [5.74, 6) is 0. The summed E-state index contributed by atoms with van der Waals surface area (Å²) in [6.07, 6.45) is 4.06. The number of imidazole rings is 1. The zero-order valence-electron chi connectivity index (χ0n) is 12.8. The van der Waals surface area contributed by atoms with Gasteiger partial charge in [0.25, 0.3) is 0 Å². The summed E-state index contributed by atoms with van der Waals surface area (Å²) >= 11 is 0. The van der Waals surface area contributed by atoms with Gasteiger partial charge in [0, 0.05) is 30.1 Å². The quantitative estimate of drug-likeness (QED) is 0.776. The van der Waals surface area contributed by atoms with Crippen LogP contribution in [0.4, 0.5) is 0 Å². The SMILES string of the molecule is CC(C)(C)c1ccc(-c2cn3cccc(CN)c3n2)cc1. The lowest BCUT2D eigenvalue weighted by molar-refractivity contribution is 0.590. The van der Waals surface area contributed by atoms with Crippen molar-refractivity contribution in [1.82, 2.24) is 9.38 Å². The molecule has 3 aromatic rings. The van der Waals surface area contributed by atoms with E-state index in [1.165, 1.54) is 5.56 Å². The molecular weight excluding hydrogens is 258 g/mol. The van der Waals surface area contributed by atoms with Crippen LogP contribution in [-0.4, -0.2) is 9.38 Å². The van der Waals surface area contributed by atoms with Gasteiger partial charge in [-0.15, -0.1) is 0 Å². The van der Waals surface area contributed by atoms with E-state index in [0.29, 0.717) is 6.54 Å². The fourth-order valence-corrected chi connectivity index (χ4v) is 2.51. The molecule has 0 aliphatic carbocycles. The predicted molar refractivity (Wildman–Crippen MR) is 87.2 cm³/mol. The Morgan fingerprint density at radius 3 is 2.43 bits per heavy atom. The summed E-state index contributed by atoms with van der Waals surface area (Å²) in [6.45, 7) is 7.17. The summed E-state index contributed by atoms with van der Waals surface area (Å²) in [7, 11) is 0. The summed E-state index contributed by atoms with van der Waals surface area (Å²) in [4.78, 5) is 4.73. The molecular formula is C18H21N3. The van der Waals surface area contributed by atoms with Crippen LogP contribution >= 0.6 is 0 Å². The molecule has 0 aliphatic rings. The van der Waals surface area contributed by atoms with Gasteiger partial charge in [-0.05, 0) is 17.0 Å². The Morgan fingerprint density at radius 1 is 1.10 bits per heavy atom. The minimum absolute atomic E-state index is 0.171. The number of hydrogen-bond donors (Lipinski definition) is 1. The van der Waals surface area contributed by atoms with Crippen molar-refractivity contribution in [3.05, 3.63) is 59.9 Å². The number of nitrogens with two attached hydrogens (primary N) is 1. The van der Waals surface area contributed by atoms with Crippen molar-refractivity contribution in [1.29, 1.82) is 0 Å². The Hall–Kier alpha value is -2.13. The van der Waals surface area contributed by atoms with Gasteiger partial charge in [-0.1, -0.05) is 51.1 Å². The Kier molecular flexibility index (Phi) is 3.30. The Labute approximate surface area is 125 Å². The molecule has 108 valence electrons. The fraction of sp³-hybridized carbons (Fsp3) is 0.278. The summed E-state index contributed by atoms with van der Waals surface area (Å²) in [6, 6.07) is 12.7. The summed E-state index contributed by atoms with van der Waals surface area (Å²) < 4.78 is 2.04. The van der Waals surface area contributed by atoms with Crippen molar-refractivity contribution in [3.63, 3.8) is 0 Å². The van der Waals surface area contributed by atoms with Crippen LogP contribution in [0.1, 0.15) is 31.9 Å². The van der Waals surface area contributed by atoms with Crippen LogP contribution < -0.4 is 5.73 Å². The number of benzene rings is 1. The fourth-order valence-electron chi connectivity index (χ4n) is 2.51. The van der Waals surface area contributed by atoms with E-state index in [4.69, 9.17) is 10.7 Å². The Balaban J connectivity index is 2.04. The number of fused-ring (bicyclic) bond motifs is 1. The van der Waals surface area contributed by atoms with Gasteiger partial charge in [0.05, 0.1) is 5.69 Å². The third-order valence-corrected chi connectivity index (χ3v) is 3.83. The molecule has 0 bridgehead atoms. The molecule has 0 saturated carbocycles. The highest BCUT2D eigenvalue weighted by Gasteiger charge is 2.14. The molecule has 0 aliphatic heterocycles. The van der Waals surface area contributed by atoms with E-state index in [0.717, 1.165) is 22.5 Å². The molecule has 0 unspecified atom stereocenters. The van der Waals surface area contributed by atoms with E-state index in [-0.39, 0.29) is 5.41 Å². The normalized spacial score (nSPS) is 12.0. The first-order valence-electron chi connectivity index (χ1n) is 7.26. The second kappa shape index (κ2) is 5.01. The monoisotopic (exact) mass is 279 g/mol. The molecule has 3 heteroatoms. The number of nitrogens with zero attached hydrogens (tertiary/aromatic N) is 2. The van der Waals surface area contributed by atoms with Gasteiger partial charge < -0.3 is 10.1 Å². The maximum atomic E-state index is 5.78. The summed E-state index contributed by atoms with van der Waals surface area (Å²) in [5, 5.41) is 0. The highest BCUT2D eigenvalue weighted by Crippen LogP contribution is 2.26. The maximum absolute atomic E-state index is 5.78. The smallest absolute Gasteiger partial charge is 0.141 e. The number of pyridine rings is 1. The zero-order valence-corrected chi connectivity index (χ0v) is 12.8. The van der Waals surface area contributed by atoms with Crippen LogP contribution in [0.5, 0.6) is 0 Å². The van der Waals surface area contributed by atoms with E-state index >= 15 is 0 Å². The molecule has 3 rings (SSSR count). The molecule has 0 saturated heterocycles. The molecule has 0 fully saturated rings. The Morgan fingerprint density at radius 2 is 1.81 bits per heavy atom. The van der Waals surface area contributed by atoms with Crippen molar-refractivity contribution < 1.29 is 0 Å². The second-order valence-electron chi connectivity index (χ2n) is 6.42. The van der Waals surface area contributed by atoms with Crippen LogP contribution in [0.25, 0.3) is 16.9 Å². The number of hydrogen-bond acceptors (Lipinski definition) is 2. The maximum Gasteiger partial charge on any atom is 0.141 e. The number of aromatic nitrogens is 2. The third-order valence-electron chi connectivity index (χ3n) is 3.83. The van der Waals surface area contributed by atoms with Crippen LogP contribution in [0, 0.1) is 0 Å². The van der Waals surface area contributed by atoms with Crippen molar-refractivity contribution >= 4 is 5.65 Å². The molecule has 0 amide bonds. The molecule has 2 heterocycles. The van der Waals surface area contributed by atoms with Crippen LogP contribution in [0.2, 0.25) is 0 Å². The third kappa shape index (κ3) is 2.57. The average molecular weight is 279 g/mol. The molecule has 21 heavy (non-hydrogen) atoms.